The summed E-state index contributed by atoms with van der Waals surface area (Å²) in [6.07, 6.45) is 13.3. The molecule has 5 heteroatoms. The number of carboxylic acids is 1. The van der Waals surface area contributed by atoms with Gasteiger partial charge in [0.05, 0.1) is 23.8 Å². The zero-order valence-corrected chi connectivity index (χ0v) is 17.0. The lowest BCUT2D eigenvalue weighted by molar-refractivity contribution is -0.140. The van der Waals surface area contributed by atoms with Crippen LogP contribution in [0.2, 0.25) is 0 Å². The summed E-state index contributed by atoms with van der Waals surface area (Å²) in [5.41, 5.74) is 3.23. The number of rotatable bonds is 11. The Morgan fingerprint density at radius 2 is 1.63 bits per heavy atom. The van der Waals surface area contributed by atoms with E-state index in [1.165, 1.54) is 63.6 Å². The molecule has 0 fully saturated rings. The first-order valence-electron chi connectivity index (χ1n) is 9.79. The fraction of sp³-hybridized carbons (Fsp3) is 0.500. The average molecular weight is 389 g/mol. The minimum absolute atomic E-state index is 0.232. The molecule has 4 nitrogen and oxygen atoms in total. The predicted molar refractivity (Wildman–Crippen MR) is 110 cm³/mol. The molecule has 0 aliphatic rings. The fourth-order valence-electron chi connectivity index (χ4n) is 2.96. The normalized spacial score (nSPS) is 13.3. The highest BCUT2D eigenvalue weighted by molar-refractivity contribution is 6.33. The molecule has 2 rings (SSSR count). The van der Waals surface area contributed by atoms with Crippen molar-refractivity contribution in [3.8, 4) is 11.3 Å². The molecule has 2 aromatic rings. The van der Waals surface area contributed by atoms with Crippen molar-refractivity contribution in [3.63, 3.8) is 0 Å². The number of halogens is 1. The van der Waals surface area contributed by atoms with Crippen LogP contribution in [-0.2, 0) is 16.1 Å². The minimum atomic E-state index is -1.56. The molecule has 1 heterocycles. The summed E-state index contributed by atoms with van der Waals surface area (Å²) in [5.74, 6) is -1.14. The first kappa shape index (κ1) is 21.4. The van der Waals surface area contributed by atoms with E-state index in [1.54, 1.807) is 6.20 Å². The van der Waals surface area contributed by atoms with Crippen molar-refractivity contribution >= 4 is 17.6 Å². The fourth-order valence-corrected chi connectivity index (χ4v) is 3.06. The zero-order chi connectivity index (χ0) is 19.7. The lowest BCUT2D eigenvalue weighted by Crippen LogP contribution is -2.27. The van der Waals surface area contributed by atoms with Crippen molar-refractivity contribution < 1.29 is 9.90 Å². The third-order valence-electron chi connectivity index (χ3n) is 4.85. The lowest BCUT2D eigenvalue weighted by Gasteiger charge is -2.15. The molecule has 27 heavy (non-hydrogen) atoms. The summed E-state index contributed by atoms with van der Waals surface area (Å²) in [5, 5.41) is 9.15. The van der Waals surface area contributed by atoms with Crippen LogP contribution in [0.25, 0.3) is 11.3 Å². The summed E-state index contributed by atoms with van der Waals surface area (Å²) in [4.78, 5) is 18.1. The van der Waals surface area contributed by atoms with Gasteiger partial charge < -0.3 is 5.11 Å². The van der Waals surface area contributed by atoms with Crippen molar-refractivity contribution in [2.75, 3.05) is 0 Å². The van der Waals surface area contributed by atoms with Crippen molar-refractivity contribution in [2.45, 2.75) is 70.1 Å². The first-order chi connectivity index (χ1) is 12.9. The minimum Gasteiger partial charge on any atom is -0.480 e. The maximum absolute atomic E-state index is 11.2. The Balaban J connectivity index is 1.87. The Bertz CT molecular complexity index is 712. The largest absolute Gasteiger partial charge is 0.480 e. The average Bonchev–Trinajstić information content (AvgIpc) is 2.68. The molecular weight excluding hydrogens is 360 g/mol. The molecule has 1 aromatic heterocycles. The Kier molecular flexibility index (Phi) is 8.23. The molecule has 0 saturated carbocycles. The number of hydrogen-bond acceptors (Lipinski definition) is 3. The number of benzene rings is 1. The van der Waals surface area contributed by atoms with Gasteiger partial charge in [-0.15, -0.1) is 0 Å². The van der Waals surface area contributed by atoms with E-state index in [-0.39, 0.29) is 5.69 Å². The number of unbranched alkanes of at least 4 members (excludes halogenated alkanes) is 6. The number of nitrogens with zero attached hydrogens (tertiary/aromatic N) is 2. The summed E-state index contributed by atoms with van der Waals surface area (Å²) < 4.78 is 0. The summed E-state index contributed by atoms with van der Waals surface area (Å²) >= 11 is 6.01. The molecule has 0 radical (unpaired) electrons. The van der Waals surface area contributed by atoms with Gasteiger partial charge in [0, 0.05) is 5.56 Å². The maximum atomic E-state index is 11.2. The van der Waals surface area contributed by atoms with Crippen LogP contribution in [0.15, 0.2) is 36.7 Å². The van der Waals surface area contributed by atoms with Gasteiger partial charge >= 0.3 is 5.97 Å². The van der Waals surface area contributed by atoms with Gasteiger partial charge in [-0.1, -0.05) is 81.3 Å². The lowest BCUT2D eigenvalue weighted by atomic mass is 10.0. The number of hydrogen-bond donors (Lipinski definition) is 1. The molecule has 1 aromatic carbocycles. The number of aliphatic carboxylic acids is 1. The SMILES string of the molecule is CCCCCCCCCc1ccc(-c2cnc([C@@](C)(Cl)C(=O)O)cn2)cc1. The highest BCUT2D eigenvalue weighted by atomic mass is 35.5. The van der Waals surface area contributed by atoms with Gasteiger partial charge in [0.2, 0.25) is 0 Å². The molecule has 0 aliphatic carbocycles. The van der Waals surface area contributed by atoms with Gasteiger partial charge in [0.25, 0.3) is 0 Å². The molecule has 146 valence electrons. The molecule has 0 unspecified atom stereocenters. The van der Waals surface area contributed by atoms with Crippen LogP contribution >= 0.6 is 11.6 Å². The van der Waals surface area contributed by atoms with Gasteiger partial charge in [-0.05, 0) is 25.3 Å². The molecule has 1 N–H and O–H groups in total. The molecule has 0 saturated heterocycles. The second kappa shape index (κ2) is 10.4. The van der Waals surface area contributed by atoms with Crippen LogP contribution in [0.5, 0.6) is 0 Å². The van der Waals surface area contributed by atoms with Gasteiger partial charge in [-0.3, -0.25) is 9.97 Å². The van der Waals surface area contributed by atoms with Crippen LogP contribution in [0, 0.1) is 0 Å². The van der Waals surface area contributed by atoms with Crippen LogP contribution < -0.4 is 0 Å². The second-order valence-electron chi connectivity index (χ2n) is 7.16. The number of carboxylic acid groups (broad SMARTS) is 1. The smallest absolute Gasteiger partial charge is 0.330 e. The van der Waals surface area contributed by atoms with E-state index in [1.807, 2.05) is 12.1 Å². The number of aromatic nitrogens is 2. The third-order valence-corrected chi connectivity index (χ3v) is 5.21. The molecule has 0 bridgehead atoms. The Labute approximate surface area is 167 Å². The number of aryl methyl sites for hydroxylation is 1. The number of carbonyl (C=O) groups is 1. The summed E-state index contributed by atoms with van der Waals surface area (Å²) in [6, 6.07) is 8.34. The molecule has 0 amide bonds. The van der Waals surface area contributed by atoms with E-state index in [9.17, 15) is 4.79 Å². The van der Waals surface area contributed by atoms with Crippen molar-refractivity contribution in [2.24, 2.45) is 0 Å². The van der Waals surface area contributed by atoms with Crippen LogP contribution in [0.3, 0.4) is 0 Å². The van der Waals surface area contributed by atoms with E-state index in [4.69, 9.17) is 16.7 Å². The zero-order valence-electron chi connectivity index (χ0n) is 16.2. The Morgan fingerprint density at radius 3 is 2.19 bits per heavy atom. The summed E-state index contributed by atoms with van der Waals surface area (Å²) in [7, 11) is 0. The Hall–Kier alpha value is -1.94. The van der Waals surface area contributed by atoms with E-state index in [2.05, 4.69) is 29.0 Å². The third kappa shape index (κ3) is 6.31. The number of alkyl halides is 1. The van der Waals surface area contributed by atoms with Gasteiger partial charge in [0.15, 0.2) is 4.87 Å². The molecular formula is C22H29ClN2O2. The van der Waals surface area contributed by atoms with E-state index in [0.717, 1.165) is 12.0 Å². The van der Waals surface area contributed by atoms with Gasteiger partial charge in [0.1, 0.15) is 0 Å². The quantitative estimate of drug-likeness (QED) is 0.380. The van der Waals surface area contributed by atoms with Crippen LogP contribution in [0.1, 0.15) is 70.1 Å². The van der Waals surface area contributed by atoms with E-state index in [0.29, 0.717) is 5.69 Å². The second-order valence-corrected chi connectivity index (χ2v) is 7.92. The standard InChI is InChI=1S/C22H29ClN2O2/c1-3-4-5-6-7-8-9-10-17-11-13-18(14-12-17)19-15-25-20(16-24-19)22(2,23)21(26)27/h11-16H,3-10H2,1-2H3,(H,26,27)/t22-/m1/s1. The topological polar surface area (TPSA) is 63.1 Å². The highest BCUT2D eigenvalue weighted by Crippen LogP contribution is 2.27. The summed E-state index contributed by atoms with van der Waals surface area (Å²) in [6.45, 7) is 3.65. The Morgan fingerprint density at radius 1 is 1.00 bits per heavy atom. The van der Waals surface area contributed by atoms with Crippen molar-refractivity contribution in [1.29, 1.82) is 0 Å². The first-order valence-corrected chi connectivity index (χ1v) is 10.2. The molecule has 0 aliphatic heterocycles. The monoisotopic (exact) mass is 388 g/mol. The van der Waals surface area contributed by atoms with Crippen LogP contribution in [0.4, 0.5) is 0 Å². The van der Waals surface area contributed by atoms with Gasteiger partial charge in [-0.25, -0.2) is 4.79 Å². The van der Waals surface area contributed by atoms with Crippen molar-refractivity contribution in [1.82, 2.24) is 9.97 Å². The highest BCUT2D eigenvalue weighted by Gasteiger charge is 2.34. The predicted octanol–water partition coefficient (Wildman–Crippen LogP) is 5.98. The van der Waals surface area contributed by atoms with Crippen LogP contribution in [-0.4, -0.2) is 21.0 Å². The maximum Gasteiger partial charge on any atom is 0.330 e. The molecule has 0 spiro atoms. The van der Waals surface area contributed by atoms with E-state index < -0.39 is 10.8 Å². The van der Waals surface area contributed by atoms with E-state index >= 15 is 0 Å². The van der Waals surface area contributed by atoms with Gasteiger partial charge in [-0.2, -0.15) is 0 Å². The molecule has 1 atom stereocenters. The van der Waals surface area contributed by atoms with Crippen molar-refractivity contribution in [3.05, 3.63) is 47.9 Å².